The Morgan fingerprint density at radius 2 is 2.14 bits per heavy atom. The summed E-state index contributed by atoms with van der Waals surface area (Å²) in [5.41, 5.74) is 3.08. The van der Waals surface area contributed by atoms with E-state index in [2.05, 4.69) is 45.8 Å². The highest BCUT2D eigenvalue weighted by Crippen LogP contribution is 2.46. The number of nitrogens with zero attached hydrogens (tertiary/aromatic N) is 4. The van der Waals surface area contributed by atoms with Gasteiger partial charge in [0, 0.05) is 25.5 Å². The van der Waals surface area contributed by atoms with Gasteiger partial charge in [0.2, 0.25) is 0 Å². The Morgan fingerprint density at radius 1 is 1.29 bits per heavy atom. The zero-order valence-electron chi connectivity index (χ0n) is 16.5. The second kappa shape index (κ2) is 5.99. The van der Waals surface area contributed by atoms with Crippen molar-refractivity contribution in [1.29, 1.82) is 0 Å². The fraction of sp³-hybridized carbons (Fsp3) is 0.364. The van der Waals surface area contributed by atoms with Gasteiger partial charge in [-0.1, -0.05) is 0 Å². The van der Waals surface area contributed by atoms with E-state index in [0.717, 1.165) is 35.8 Å². The second-order valence-electron chi connectivity index (χ2n) is 7.71. The average molecular weight is 376 g/mol. The number of rotatable bonds is 2. The topological polar surface area (TPSA) is 54.5 Å². The van der Waals surface area contributed by atoms with Crippen LogP contribution in [0.4, 0.5) is 5.69 Å². The maximum Gasteiger partial charge on any atom is 0.289 e. The van der Waals surface area contributed by atoms with Crippen LogP contribution in [0.5, 0.6) is 0 Å². The first-order valence-electron chi connectivity index (χ1n) is 9.82. The number of aryl methyl sites for hydroxylation is 2. The number of furan rings is 1. The van der Waals surface area contributed by atoms with Gasteiger partial charge in [-0.3, -0.25) is 4.79 Å². The van der Waals surface area contributed by atoms with Crippen molar-refractivity contribution in [3.63, 3.8) is 0 Å². The smallest absolute Gasteiger partial charge is 0.289 e. The van der Waals surface area contributed by atoms with Crippen molar-refractivity contribution < 1.29 is 9.21 Å². The van der Waals surface area contributed by atoms with E-state index < -0.39 is 0 Å². The number of aromatic nitrogens is 2. The third kappa shape index (κ3) is 2.20. The molecule has 2 aliphatic rings. The van der Waals surface area contributed by atoms with E-state index in [1.165, 1.54) is 5.69 Å². The fourth-order valence-electron chi connectivity index (χ4n) is 4.80. The van der Waals surface area contributed by atoms with Crippen LogP contribution in [0.15, 0.2) is 47.1 Å². The van der Waals surface area contributed by atoms with Crippen LogP contribution in [0, 0.1) is 13.8 Å². The molecule has 1 fully saturated rings. The number of anilines is 1. The number of carbonyl (C=O) groups is 1. The predicted molar refractivity (Wildman–Crippen MR) is 107 cm³/mol. The van der Waals surface area contributed by atoms with E-state index in [0.29, 0.717) is 18.8 Å². The van der Waals surface area contributed by atoms with Gasteiger partial charge in [-0.15, -0.1) is 0 Å². The Bertz CT molecular complexity index is 1050. The van der Waals surface area contributed by atoms with E-state index in [9.17, 15) is 4.79 Å². The molecular weight excluding hydrogens is 352 g/mol. The number of amides is 1. The minimum absolute atomic E-state index is 0.0285. The maximum atomic E-state index is 13.1. The van der Waals surface area contributed by atoms with Crippen LogP contribution in [0.3, 0.4) is 0 Å². The van der Waals surface area contributed by atoms with Gasteiger partial charge >= 0.3 is 0 Å². The number of carbonyl (C=O) groups excluding carboxylic acids is 1. The fourth-order valence-corrected chi connectivity index (χ4v) is 4.80. The largest absolute Gasteiger partial charge is 0.456 e. The number of hydrogen-bond donors (Lipinski definition) is 0. The van der Waals surface area contributed by atoms with Gasteiger partial charge in [-0.05, 0) is 63.1 Å². The van der Waals surface area contributed by atoms with Crippen molar-refractivity contribution in [2.45, 2.75) is 32.7 Å². The summed E-state index contributed by atoms with van der Waals surface area (Å²) in [4.78, 5) is 22.1. The third-order valence-corrected chi connectivity index (χ3v) is 6.26. The minimum atomic E-state index is -0.249. The number of pyridine rings is 1. The molecule has 0 saturated carbocycles. The summed E-state index contributed by atoms with van der Waals surface area (Å²) in [5, 5.41) is 0. The normalized spacial score (nSPS) is 20.5. The van der Waals surface area contributed by atoms with E-state index in [1.807, 2.05) is 37.1 Å². The Kier molecular flexibility index (Phi) is 3.66. The summed E-state index contributed by atoms with van der Waals surface area (Å²) in [6.07, 6.45) is 4.78. The summed E-state index contributed by atoms with van der Waals surface area (Å²) >= 11 is 0. The molecule has 0 N–H and O–H groups in total. The van der Waals surface area contributed by atoms with Crippen LogP contribution >= 0.6 is 0 Å². The summed E-state index contributed by atoms with van der Waals surface area (Å²) in [5.74, 6) is 2.17. The van der Waals surface area contributed by atoms with E-state index in [4.69, 9.17) is 4.42 Å². The highest BCUT2D eigenvalue weighted by molar-refractivity contribution is 5.92. The first-order valence-corrected chi connectivity index (χ1v) is 9.82. The van der Waals surface area contributed by atoms with Crippen LogP contribution < -0.4 is 4.90 Å². The molecule has 5 heterocycles. The van der Waals surface area contributed by atoms with E-state index >= 15 is 0 Å². The van der Waals surface area contributed by atoms with Gasteiger partial charge < -0.3 is 18.8 Å². The molecule has 3 aromatic rings. The lowest BCUT2D eigenvalue weighted by Gasteiger charge is -2.46. The lowest BCUT2D eigenvalue weighted by molar-refractivity contribution is 0.0749. The molecule has 5 rings (SSSR count). The highest BCUT2D eigenvalue weighted by Gasteiger charge is 2.50. The zero-order chi connectivity index (χ0) is 19.5. The van der Waals surface area contributed by atoms with Crippen molar-refractivity contribution in [1.82, 2.24) is 14.5 Å². The average Bonchev–Trinajstić information content (AvgIpc) is 3.42. The van der Waals surface area contributed by atoms with Crippen LogP contribution in [-0.4, -0.2) is 40.0 Å². The molecule has 3 aromatic heterocycles. The summed E-state index contributed by atoms with van der Waals surface area (Å²) < 4.78 is 7.89. The van der Waals surface area contributed by atoms with Crippen LogP contribution in [0.1, 0.15) is 40.9 Å². The van der Waals surface area contributed by atoms with Crippen molar-refractivity contribution in [2.75, 3.05) is 24.5 Å². The Labute approximate surface area is 164 Å². The number of likely N-dealkylation sites (tertiary alicyclic amines) is 1. The molecule has 6 heteroatoms. The van der Waals surface area contributed by atoms with Crippen LogP contribution in [0.25, 0.3) is 5.82 Å². The SMILES string of the molecule is CCN1c2cccnc2-n2cccc2[C@]12CCN(C(=O)c1cc(C)c(C)o1)C2. The van der Waals surface area contributed by atoms with Gasteiger partial charge in [-0.25, -0.2) is 4.98 Å². The molecule has 0 aliphatic carbocycles. The standard InChI is InChI=1S/C22H24N4O2/c1-4-26-17-7-5-10-23-20(17)25-11-6-8-19(25)22(26)9-12-24(14-22)21(27)18-13-15(2)16(3)28-18/h5-8,10-11,13H,4,9,12,14H2,1-3H3/t22-/m1/s1. The van der Waals surface area contributed by atoms with Crippen molar-refractivity contribution in [3.8, 4) is 5.82 Å². The van der Waals surface area contributed by atoms with Gasteiger partial charge in [0.1, 0.15) is 11.3 Å². The summed E-state index contributed by atoms with van der Waals surface area (Å²) in [7, 11) is 0. The number of likely N-dealkylation sites (N-methyl/N-ethyl adjacent to an activating group) is 1. The minimum Gasteiger partial charge on any atom is -0.456 e. The third-order valence-electron chi connectivity index (χ3n) is 6.26. The Balaban J connectivity index is 1.56. The molecule has 0 radical (unpaired) electrons. The first-order chi connectivity index (χ1) is 13.5. The quantitative estimate of drug-likeness (QED) is 0.685. The molecule has 0 unspecified atom stereocenters. The lowest BCUT2D eigenvalue weighted by atomic mass is 9.89. The molecule has 1 saturated heterocycles. The number of hydrogen-bond acceptors (Lipinski definition) is 4. The predicted octanol–water partition coefficient (Wildman–Crippen LogP) is 3.66. The Morgan fingerprint density at radius 3 is 2.89 bits per heavy atom. The van der Waals surface area contributed by atoms with E-state index in [1.54, 1.807) is 0 Å². The monoisotopic (exact) mass is 376 g/mol. The second-order valence-corrected chi connectivity index (χ2v) is 7.71. The van der Waals surface area contributed by atoms with Crippen molar-refractivity contribution >= 4 is 11.6 Å². The van der Waals surface area contributed by atoms with Gasteiger partial charge in [0.05, 0.1) is 17.9 Å². The van der Waals surface area contributed by atoms with Gasteiger partial charge in [-0.2, -0.15) is 0 Å². The highest BCUT2D eigenvalue weighted by atomic mass is 16.4. The molecule has 1 atom stereocenters. The molecule has 28 heavy (non-hydrogen) atoms. The van der Waals surface area contributed by atoms with Crippen LogP contribution in [-0.2, 0) is 5.54 Å². The van der Waals surface area contributed by atoms with Gasteiger partial charge in [0.15, 0.2) is 11.6 Å². The molecular formula is C22H24N4O2. The molecule has 0 aromatic carbocycles. The Hall–Kier alpha value is -3.02. The molecule has 1 spiro atoms. The lowest BCUT2D eigenvalue weighted by Crippen LogP contribution is -2.52. The van der Waals surface area contributed by atoms with Crippen LogP contribution in [0.2, 0.25) is 0 Å². The number of fused-ring (bicyclic) bond motifs is 4. The van der Waals surface area contributed by atoms with Crippen molar-refractivity contribution in [3.05, 3.63) is 65.5 Å². The molecule has 2 aliphatic heterocycles. The molecule has 6 nitrogen and oxygen atoms in total. The van der Waals surface area contributed by atoms with Crippen molar-refractivity contribution in [2.24, 2.45) is 0 Å². The summed E-state index contributed by atoms with van der Waals surface area (Å²) in [6, 6.07) is 10.2. The molecule has 0 bridgehead atoms. The van der Waals surface area contributed by atoms with Gasteiger partial charge in [0.25, 0.3) is 5.91 Å². The zero-order valence-corrected chi connectivity index (χ0v) is 16.5. The summed E-state index contributed by atoms with van der Waals surface area (Å²) in [6.45, 7) is 8.23. The molecule has 144 valence electrons. The van der Waals surface area contributed by atoms with E-state index in [-0.39, 0.29) is 11.4 Å². The first kappa shape index (κ1) is 17.1. The molecule has 1 amide bonds. The maximum absolute atomic E-state index is 13.1.